The third-order valence-corrected chi connectivity index (χ3v) is 3.21. The molecule has 2 rings (SSSR count). The lowest BCUT2D eigenvalue weighted by Crippen LogP contribution is -2.07. The molecule has 1 aromatic carbocycles. The zero-order valence-electron chi connectivity index (χ0n) is 11.6. The van der Waals surface area contributed by atoms with E-state index < -0.39 is 0 Å². The lowest BCUT2D eigenvalue weighted by molar-refractivity contribution is 0.198. The molecule has 112 valence electrons. The van der Waals surface area contributed by atoms with Gasteiger partial charge in [-0.2, -0.15) is 4.98 Å². The molecular weight excluding hydrogens is 311 g/mol. The summed E-state index contributed by atoms with van der Waals surface area (Å²) in [6.45, 7) is 1.50. The van der Waals surface area contributed by atoms with Gasteiger partial charge < -0.3 is 15.4 Å². The molecule has 21 heavy (non-hydrogen) atoms. The van der Waals surface area contributed by atoms with Crippen molar-refractivity contribution in [3.8, 4) is 0 Å². The van der Waals surface area contributed by atoms with Crippen LogP contribution in [-0.4, -0.2) is 30.2 Å². The van der Waals surface area contributed by atoms with Crippen molar-refractivity contribution in [1.29, 1.82) is 0 Å². The van der Waals surface area contributed by atoms with Crippen LogP contribution >= 0.6 is 23.2 Å². The van der Waals surface area contributed by atoms with Crippen molar-refractivity contribution in [1.82, 2.24) is 9.97 Å². The van der Waals surface area contributed by atoms with Crippen LogP contribution in [0.5, 0.6) is 0 Å². The molecule has 7 heteroatoms. The Kier molecular flexibility index (Phi) is 6.04. The molecule has 1 aromatic heterocycles. The number of methoxy groups -OCH3 is 1. The van der Waals surface area contributed by atoms with Crippen LogP contribution in [0.25, 0.3) is 0 Å². The minimum absolute atomic E-state index is 0.468. The van der Waals surface area contributed by atoms with Crippen molar-refractivity contribution >= 4 is 40.7 Å². The molecule has 0 amide bonds. The zero-order valence-corrected chi connectivity index (χ0v) is 13.1. The normalized spacial score (nSPS) is 10.4. The van der Waals surface area contributed by atoms with Crippen molar-refractivity contribution in [3.63, 3.8) is 0 Å². The van der Waals surface area contributed by atoms with E-state index in [-0.39, 0.29) is 0 Å². The van der Waals surface area contributed by atoms with Gasteiger partial charge >= 0.3 is 0 Å². The summed E-state index contributed by atoms with van der Waals surface area (Å²) >= 11 is 12.0. The van der Waals surface area contributed by atoms with Crippen LogP contribution in [0.2, 0.25) is 10.0 Å². The highest BCUT2D eigenvalue weighted by Gasteiger charge is 2.04. The summed E-state index contributed by atoms with van der Waals surface area (Å²) in [7, 11) is 1.68. The van der Waals surface area contributed by atoms with Gasteiger partial charge in [0.2, 0.25) is 5.95 Å². The molecule has 2 N–H and O–H groups in total. The second-order valence-electron chi connectivity index (χ2n) is 4.29. The maximum absolute atomic E-state index is 6.11. The molecule has 2 aromatic rings. The maximum Gasteiger partial charge on any atom is 0.229 e. The lowest BCUT2D eigenvalue weighted by atomic mass is 10.3. The average molecular weight is 327 g/mol. The van der Waals surface area contributed by atoms with Crippen LogP contribution < -0.4 is 10.6 Å². The Morgan fingerprint density at radius 1 is 1.24 bits per heavy atom. The van der Waals surface area contributed by atoms with Crippen molar-refractivity contribution < 1.29 is 4.74 Å². The number of anilines is 3. The molecule has 0 spiro atoms. The number of ether oxygens (including phenoxy) is 1. The zero-order chi connectivity index (χ0) is 15.1. The third kappa shape index (κ3) is 5.04. The number of hydrogen-bond donors (Lipinski definition) is 2. The van der Waals surface area contributed by atoms with Crippen LogP contribution in [0.3, 0.4) is 0 Å². The molecule has 0 radical (unpaired) electrons. The second kappa shape index (κ2) is 8.02. The van der Waals surface area contributed by atoms with Crippen molar-refractivity contribution in [2.45, 2.75) is 6.42 Å². The summed E-state index contributed by atoms with van der Waals surface area (Å²) in [5.41, 5.74) is 0.706. The molecule has 0 fully saturated rings. The first kappa shape index (κ1) is 15.8. The number of nitrogens with one attached hydrogen (secondary N) is 2. The average Bonchev–Trinajstić information content (AvgIpc) is 2.47. The molecule has 0 saturated carbocycles. The van der Waals surface area contributed by atoms with E-state index in [4.69, 9.17) is 27.9 Å². The molecular formula is C14H16Cl2N4O. The van der Waals surface area contributed by atoms with Crippen molar-refractivity contribution in [2.24, 2.45) is 0 Å². The van der Waals surface area contributed by atoms with Gasteiger partial charge in [0.05, 0.1) is 10.7 Å². The molecule has 0 atom stereocenters. The first-order valence-corrected chi connectivity index (χ1v) is 7.22. The Morgan fingerprint density at radius 3 is 2.86 bits per heavy atom. The fourth-order valence-corrected chi connectivity index (χ4v) is 2.12. The monoisotopic (exact) mass is 326 g/mol. The number of hydrogen-bond acceptors (Lipinski definition) is 5. The van der Waals surface area contributed by atoms with E-state index in [1.165, 1.54) is 0 Å². The lowest BCUT2D eigenvalue weighted by Gasteiger charge is -2.09. The summed E-state index contributed by atoms with van der Waals surface area (Å²) in [6.07, 6.45) is 2.59. The summed E-state index contributed by atoms with van der Waals surface area (Å²) in [4.78, 5) is 8.53. The highest BCUT2D eigenvalue weighted by molar-refractivity contribution is 6.36. The first-order chi connectivity index (χ1) is 10.2. The smallest absolute Gasteiger partial charge is 0.229 e. The maximum atomic E-state index is 6.11. The van der Waals surface area contributed by atoms with Gasteiger partial charge in [-0.1, -0.05) is 23.2 Å². The van der Waals surface area contributed by atoms with Gasteiger partial charge in [0.15, 0.2) is 0 Å². The predicted molar refractivity (Wildman–Crippen MR) is 86.8 cm³/mol. The Bertz CT molecular complexity index is 595. The Hall–Kier alpha value is -1.56. The summed E-state index contributed by atoms with van der Waals surface area (Å²) < 4.78 is 4.99. The predicted octanol–water partition coefficient (Wildman–Crippen LogP) is 3.98. The molecule has 0 bridgehead atoms. The van der Waals surface area contributed by atoms with E-state index in [0.29, 0.717) is 28.3 Å². The second-order valence-corrected chi connectivity index (χ2v) is 5.13. The van der Waals surface area contributed by atoms with E-state index in [9.17, 15) is 0 Å². The van der Waals surface area contributed by atoms with Crippen LogP contribution in [0.15, 0.2) is 30.5 Å². The molecule has 1 heterocycles. The largest absolute Gasteiger partial charge is 0.385 e. The van der Waals surface area contributed by atoms with Crippen LogP contribution in [-0.2, 0) is 4.74 Å². The molecule has 0 unspecified atom stereocenters. The van der Waals surface area contributed by atoms with Crippen LogP contribution in [0.1, 0.15) is 6.42 Å². The Balaban J connectivity index is 2.00. The highest BCUT2D eigenvalue weighted by atomic mass is 35.5. The minimum atomic E-state index is 0.468. The van der Waals surface area contributed by atoms with Crippen molar-refractivity contribution in [3.05, 3.63) is 40.5 Å². The van der Waals surface area contributed by atoms with Gasteiger partial charge in [0.25, 0.3) is 0 Å². The molecule has 0 aliphatic carbocycles. The SMILES string of the molecule is COCCCNc1ccnc(Nc2ccc(Cl)cc2Cl)n1. The summed E-state index contributed by atoms with van der Waals surface area (Å²) in [5.74, 6) is 1.21. The number of halogens is 2. The number of aromatic nitrogens is 2. The fourth-order valence-electron chi connectivity index (χ4n) is 1.66. The molecule has 0 saturated heterocycles. The molecule has 0 aliphatic rings. The third-order valence-electron chi connectivity index (χ3n) is 2.66. The Morgan fingerprint density at radius 2 is 2.10 bits per heavy atom. The summed E-state index contributed by atoms with van der Waals surface area (Å²) in [5, 5.41) is 7.37. The van der Waals surface area contributed by atoms with Gasteiger partial charge in [-0.3, -0.25) is 0 Å². The standard InChI is InChI=1S/C14H16Cl2N4O/c1-21-8-2-6-17-13-5-7-18-14(20-13)19-12-4-3-10(15)9-11(12)16/h3-5,7,9H,2,6,8H2,1H3,(H2,17,18,19,20). The fraction of sp³-hybridized carbons (Fsp3) is 0.286. The van der Waals surface area contributed by atoms with E-state index in [0.717, 1.165) is 18.8 Å². The minimum Gasteiger partial charge on any atom is -0.385 e. The molecule has 5 nitrogen and oxygen atoms in total. The Labute approximate surface area is 133 Å². The van der Waals surface area contributed by atoms with E-state index >= 15 is 0 Å². The van der Waals surface area contributed by atoms with Crippen LogP contribution in [0, 0.1) is 0 Å². The van der Waals surface area contributed by atoms with Crippen LogP contribution in [0.4, 0.5) is 17.5 Å². The van der Waals surface area contributed by atoms with E-state index in [1.54, 1.807) is 37.6 Å². The van der Waals surface area contributed by atoms with Gasteiger partial charge in [-0.05, 0) is 30.7 Å². The number of benzene rings is 1. The van der Waals surface area contributed by atoms with Gasteiger partial charge in [0, 0.05) is 31.5 Å². The number of rotatable bonds is 7. The van der Waals surface area contributed by atoms with Gasteiger partial charge in [-0.15, -0.1) is 0 Å². The quantitative estimate of drug-likeness (QED) is 0.754. The first-order valence-electron chi connectivity index (χ1n) is 6.47. The number of nitrogens with zero attached hydrogens (tertiary/aromatic N) is 2. The van der Waals surface area contributed by atoms with Gasteiger partial charge in [-0.25, -0.2) is 4.98 Å². The topological polar surface area (TPSA) is 59.1 Å². The van der Waals surface area contributed by atoms with E-state index in [2.05, 4.69) is 20.6 Å². The summed E-state index contributed by atoms with van der Waals surface area (Å²) in [6, 6.07) is 7.01. The van der Waals surface area contributed by atoms with Crippen molar-refractivity contribution in [2.75, 3.05) is 30.9 Å². The highest BCUT2D eigenvalue weighted by Crippen LogP contribution is 2.27. The van der Waals surface area contributed by atoms with Gasteiger partial charge in [0.1, 0.15) is 5.82 Å². The molecule has 0 aliphatic heterocycles. The van der Waals surface area contributed by atoms with E-state index in [1.807, 2.05) is 0 Å².